The molecule has 1 aliphatic rings. The highest BCUT2D eigenvalue weighted by molar-refractivity contribution is 7.15. The van der Waals surface area contributed by atoms with Crippen LogP contribution in [0.15, 0.2) is 41.3 Å². The molecule has 140 valence electrons. The number of benzene rings is 1. The summed E-state index contributed by atoms with van der Waals surface area (Å²) in [6, 6.07) is 9.55. The van der Waals surface area contributed by atoms with E-state index in [2.05, 4.69) is 4.98 Å². The molecule has 8 heteroatoms. The summed E-state index contributed by atoms with van der Waals surface area (Å²) in [6.07, 6.45) is 1.72. The van der Waals surface area contributed by atoms with Gasteiger partial charge in [-0.1, -0.05) is 48.9 Å². The van der Waals surface area contributed by atoms with E-state index >= 15 is 0 Å². The van der Waals surface area contributed by atoms with E-state index in [0.29, 0.717) is 22.5 Å². The predicted molar refractivity (Wildman–Crippen MR) is 106 cm³/mol. The Morgan fingerprint density at radius 3 is 2.70 bits per heavy atom. The Bertz CT molecular complexity index is 1060. The fourth-order valence-corrected chi connectivity index (χ4v) is 4.86. The number of halogens is 1. The maximum atomic E-state index is 13.5. The standard InChI is InChI=1S/C19H19ClN4O2S/c1-11(12-7-5-4-6-8-12)15-16(25)23(3)19-22(2)10-13(24(19)17(15)26)14-9-21-18(20)27-14/h4-9,11,13H,10H2,1-3H3/p+1. The second-order valence-corrected chi connectivity index (χ2v) is 8.46. The van der Waals surface area contributed by atoms with Crippen LogP contribution in [0.2, 0.25) is 4.47 Å². The molecule has 0 radical (unpaired) electrons. The average Bonchev–Trinajstić information content (AvgIpc) is 3.24. The molecule has 4 rings (SSSR count). The number of fused-ring (bicyclic) bond motifs is 1. The van der Waals surface area contributed by atoms with Gasteiger partial charge in [0.25, 0.3) is 5.88 Å². The average molecular weight is 404 g/mol. The Hall–Kier alpha value is -2.38. The molecule has 2 atom stereocenters. The van der Waals surface area contributed by atoms with Crippen molar-refractivity contribution in [3.8, 4) is 5.88 Å². The third kappa shape index (κ3) is 2.82. The first-order chi connectivity index (χ1) is 12.9. The molecule has 0 aliphatic carbocycles. The third-order valence-electron chi connectivity index (χ3n) is 5.18. The van der Waals surface area contributed by atoms with Crippen molar-refractivity contribution < 1.29 is 9.67 Å². The fraction of sp³-hybridized carbons (Fsp3) is 0.316. The number of hydrogen-bond acceptors (Lipinski definition) is 5. The van der Waals surface area contributed by atoms with Gasteiger partial charge in [0.05, 0.1) is 19.0 Å². The van der Waals surface area contributed by atoms with E-state index in [1.165, 1.54) is 11.3 Å². The maximum Gasteiger partial charge on any atom is 0.365 e. The Labute approximate surface area is 165 Å². The van der Waals surface area contributed by atoms with Crippen LogP contribution in [0.1, 0.15) is 34.9 Å². The second-order valence-electron chi connectivity index (χ2n) is 6.82. The number of hydrogen-bond donors (Lipinski definition) is 1. The summed E-state index contributed by atoms with van der Waals surface area (Å²) < 4.78 is 3.88. The summed E-state index contributed by atoms with van der Waals surface area (Å²) in [5.74, 6) is 0.424. The van der Waals surface area contributed by atoms with Crippen LogP contribution in [-0.2, 0) is 7.05 Å². The van der Waals surface area contributed by atoms with Crippen LogP contribution in [0.25, 0.3) is 0 Å². The monoisotopic (exact) mass is 403 g/mol. The largest absolute Gasteiger partial charge is 0.483 e. The molecule has 2 unspecified atom stereocenters. The number of thiazole rings is 1. The van der Waals surface area contributed by atoms with Gasteiger partial charge in [-0.15, -0.1) is 11.3 Å². The number of anilines is 1. The van der Waals surface area contributed by atoms with E-state index in [4.69, 9.17) is 11.6 Å². The summed E-state index contributed by atoms with van der Waals surface area (Å²) in [5, 5.41) is 10.8. The van der Waals surface area contributed by atoms with Gasteiger partial charge in [-0.2, -0.15) is 4.57 Å². The van der Waals surface area contributed by atoms with Crippen molar-refractivity contribution in [2.45, 2.75) is 18.9 Å². The Balaban J connectivity index is 1.94. The maximum absolute atomic E-state index is 13.5. The summed E-state index contributed by atoms with van der Waals surface area (Å²) in [7, 11) is 3.69. The predicted octanol–water partition coefficient (Wildman–Crippen LogP) is 2.68. The van der Waals surface area contributed by atoms with Crippen LogP contribution in [-0.4, -0.2) is 28.3 Å². The van der Waals surface area contributed by atoms with E-state index in [1.54, 1.807) is 22.4 Å². The lowest BCUT2D eigenvalue weighted by atomic mass is 9.94. The molecular formula is C19H20ClN4O2S+. The Morgan fingerprint density at radius 2 is 2.07 bits per heavy atom. The number of aromatic hydroxyl groups is 1. The number of aromatic nitrogens is 3. The van der Waals surface area contributed by atoms with Crippen LogP contribution < -0.4 is 15.0 Å². The van der Waals surface area contributed by atoms with Crippen molar-refractivity contribution in [1.29, 1.82) is 0 Å². The van der Waals surface area contributed by atoms with Crippen LogP contribution in [0, 0.1) is 0 Å². The molecule has 0 spiro atoms. The van der Waals surface area contributed by atoms with Crippen molar-refractivity contribution in [2.75, 3.05) is 18.5 Å². The van der Waals surface area contributed by atoms with Crippen LogP contribution in [0.3, 0.4) is 0 Å². The molecule has 0 amide bonds. The van der Waals surface area contributed by atoms with Gasteiger partial charge in [0.1, 0.15) is 12.1 Å². The minimum Gasteiger partial charge on any atom is -0.483 e. The molecule has 0 fully saturated rings. The summed E-state index contributed by atoms with van der Waals surface area (Å²) >= 11 is 7.40. The molecule has 0 saturated heterocycles. The summed E-state index contributed by atoms with van der Waals surface area (Å²) in [6.45, 7) is 2.56. The van der Waals surface area contributed by atoms with Gasteiger partial charge >= 0.3 is 11.5 Å². The molecule has 6 nitrogen and oxygen atoms in total. The van der Waals surface area contributed by atoms with Crippen molar-refractivity contribution in [3.05, 3.63) is 67.4 Å². The number of nitrogens with zero attached hydrogens (tertiary/aromatic N) is 4. The topological polar surface area (TPSA) is 62.2 Å². The highest BCUT2D eigenvalue weighted by Gasteiger charge is 2.42. The van der Waals surface area contributed by atoms with Gasteiger partial charge in [-0.3, -0.25) is 9.69 Å². The fourth-order valence-electron chi connectivity index (χ4n) is 3.82. The molecule has 0 bridgehead atoms. The van der Waals surface area contributed by atoms with Gasteiger partial charge in [-0.25, -0.2) is 9.55 Å². The number of likely N-dealkylation sites (N-methyl/N-ethyl adjacent to an activating group) is 1. The summed E-state index contributed by atoms with van der Waals surface area (Å²) in [5.41, 5.74) is 1.19. The zero-order valence-electron chi connectivity index (χ0n) is 15.3. The highest BCUT2D eigenvalue weighted by atomic mass is 35.5. The zero-order valence-corrected chi connectivity index (χ0v) is 16.8. The second kappa shape index (κ2) is 6.65. The van der Waals surface area contributed by atoms with E-state index in [0.717, 1.165) is 10.4 Å². The normalized spacial score (nSPS) is 17.2. The van der Waals surface area contributed by atoms with Gasteiger partial charge < -0.3 is 5.11 Å². The first-order valence-corrected chi connectivity index (χ1v) is 9.84. The van der Waals surface area contributed by atoms with Crippen molar-refractivity contribution in [2.24, 2.45) is 7.05 Å². The molecule has 1 aliphatic heterocycles. The molecule has 1 N–H and O–H groups in total. The van der Waals surface area contributed by atoms with Crippen molar-refractivity contribution in [1.82, 2.24) is 9.55 Å². The van der Waals surface area contributed by atoms with Gasteiger partial charge in [-0.05, 0) is 5.56 Å². The molecule has 3 heterocycles. The molecule has 3 aromatic rings. The minimum atomic E-state index is -0.237. The molecule has 0 saturated carbocycles. The van der Waals surface area contributed by atoms with E-state index < -0.39 is 0 Å². The van der Waals surface area contributed by atoms with Crippen molar-refractivity contribution >= 4 is 28.9 Å². The minimum absolute atomic E-state index is 0.00237. The lowest BCUT2D eigenvalue weighted by Crippen LogP contribution is -2.43. The van der Waals surface area contributed by atoms with Crippen LogP contribution in [0.4, 0.5) is 5.95 Å². The van der Waals surface area contributed by atoms with Crippen LogP contribution >= 0.6 is 22.9 Å². The van der Waals surface area contributed by atoms with Gasteiger partial charge in [0, 0.05) is 12.1 Å². The lowest BCUT2D eigenvalue weighted by molar-refractivity contribution is -0.669. The van der Waals surface area contributed by atoms with E-state index in [1.807, 2.05) is 49.2 Å². The SMILES string of the molecule is CC(c1ccccc1)c1c(O)[n+](C)c2n(c1=O)C(c1cnc(Cl)s1)CN2C. The Morgan fingerprint density at radius 1 is 1.37 bits per heavy atom. The Kier molecular flexibility index (Phi) is 4.44. The third-order valence-corrected chi connectivity index (χ3v) is 6.40. The first-order valence-electron chi connectivity index (χ1n) is 8.64. The molecule has 27 heavy (non-hydrogen) atoms. The van der Waals surface area contributed by atoms with Gasteiger partial charge in [0.2, 0.25) is 0 Å². The number of rotatable bonds is 3. The molecule has 2 aromatic heterocycles. The van der Waals surface area contributed by atoms with E-state index in [9.17, 15) is 9.90 Å². The summed E-state index contributed by atoms with van der Waals surface area (Å²) in [4.78, 5) is 20.5. The zero-order chi connectivity index (χ0) is 19.3. The van der Waals surface area contributed by atoms with E-state index in [-0.39, 0.29) is 23.4 Å². The smallest absolute Gasteiger partial charge is 0.365 e. The first kappa shape index (κ1) is 18.0. The lowest BCUT2D eigenvalue weighted by Gasteiger charge is -2.16. The van der Waals surface area contributed by atoms with Crippen molar-refractivity contribution in [3.63, 3.8) is 0 Å². The quantitative estimate of drug-likeness (QED) is 0.683. The van der Waals surface area contributed by atoms with Gasteiger partial charge in [0.15, 0.2) is 10.5 Å². The molecular weight excluding hydrogens is 384 g/mol. The highest BCUT2D eigenvalue weighted by Crippen LogP contribution is 2.35. The van der Waals surface area contributed by atoms with Crippen LogP contribution in [0.5, 0.6) is 5.88 Å². The molecule has 1 aromatic carbocycles.